The predicted octanol–water partition coefficient (Wildman–Crippen LogP) is 2.28. The Morgan fingerprint density at radius 3 is 3.16 bits per heavy atom. The molecule has 1 unspecified atom stereocenters. The first kappa shape index (κ1) is 13.1. The third kappa shape index (κ3) is 2.84. The Morgan fingerprint density at radius 1 is 1.58 bits per heavy atom. The summed E-state index contributed by atoms with van der Waals surface area (Å²) in [7, 11) is 2.05. The molecule has 2 aromatic rings. The minimum atomic E-state index is 0.328. The second kappa shape index (κ2) is 5.63. The molecule has 102 valence electrons. The van der Waals surface area contributed by atoms with Gasteiger partial charge in [0.15, 0.2) is 0 Å². The molecule has 1 aliphatic heterocycles. The molecule has 0 amide bonds. The lowest BCUT2D eigenvalue weighted by atomic mass is 10.1. The maximum atomic E-state index is 6.00. The van der Waals surface area contributed by atoms with E-state index in [1.54, 1.807) is 11.3 Å². The summed E-state index contributed by atoms with van der Waals surface area (Å²) in [5.41, 5.74) is 0. The SMILES string of the molecule is Cn1ccnc1C1CNCCN1Cc1cc(Cl)cs1. The number of imidazole rings is 1. The lowest BCUT2D eigenvalue weighted by molar-refractivity contribution is 0.146. The van der Waals surface area contributed by atoms with Gasteiger partial charge >= 0.3 is 0 Å². The summed E-state index contributed by atoms with van der Waals surface area (Å²) < 4.78 is 2.10. The fraction of sp³-hybridized carbons (Fsp3) is 0.462. The van der Waals surface area contributed by atoms with Crippen molar-refractivity contribution in [3.05, 3.63) is 39.6 Å². The molecule has 6 heteroatoms. The Morgan fingerprint density at radius 2 is 2.47 bits per heavy atom. The van der Waals surface area contributed by atoms with Gasteiger partial charge in [0, 0.05) is 55.9 Å². The molecule has 1 N–H and O–H groups in total. The lowest BCUT2D eigenvalue weighted by Crippen LogP contribution is -2.46. The van der Waals surface area contributed by atoms with Crippen LogP contribution in [0, 0.1) is 0 Å². The highest BCUT2D eigenvalue weighted by Gasteiger charge is 2.26. The van der Waals surface area contributed by atoms with Crippen molar-refractivity contribution in [3.63, 3.8) is 0 Å². The molecule has 0 radical (unpaired) electrons. The Labute approximate surface area is 122 Å². The van der Waals surface area contributed by atoms with Crippen molar-refractivity contribution in [1.82, 2.24) is 19.8 Å². The minimum absolute atomic E-state index is 0.328. The van der Waals surface area contributed by atoms with E-state index in [9.17, 15) is 0 Å². The van der Waals surface area contributed by atoms with Gasteiger partial charge in [-0.05, 0) is 6.07 Å². The van der Waals surface area contributed by atoms with Gasteiger partial charge < -0.3 is 9.88 Å². The van der Waals surface area contributed by atoms with E-state index in [1.165, 1.54) is 4.88 Å². The van der Waals surface area contributed by atoms with E-state index in [4.69, 9.17) is 11.6 Å². The molecule has 0 aliphatic carbocycles. The molecule has 0 saturated carbocycles. The molecular formula is C13H17ClN4S. The van der Waals surface area contributed by atoms with Crippen molar-refractivity contribution in [1.29, 1.82) is 0 Å². The van der Waals surface area contributed by atoms with Gasteiger partial charge in [-0.1, -0.05) is 11.6 Å². The van der Waals surface area contributed by atoms with Gasteiger partial charge in [-0.2, -0.15) is 0 Å². The summed E-state index contributed by atoms with van der Waals surface area (Å²) in [5, 5.41) is 6.29. The molecule has 1 aliphatic rings. The number of thiophene rings is 1. The van der Waals surface area contributed by atoms with E-state index in [2.05, 4.69) is 32.9 Å². The van der Waals surface area contributed by atoms with Crippen LogP contribution in [0.5, 0.6) is 0 Å². The normalized spacial score (nSPS) is 20.8. The fourth-order valence-corrected chi connectivity index (χ4v) is 3.62. The standard InChI is InChI=1S/C13H17ClN4S/c1-17-4-3-16-13(17)12-7-15-2-5-18(12)8-11-6-10(14)9-19-11/h3-4,6,9,12,15H,2,5,7-8H2,1H3. The highest BCUT2D eigenvalue weighted by Crippen LogP contribution is 2.26. The van der Waals surface area contributed by atoms with Gasteiger partial charge in [-0.15, -0.1) is 11.3 Å². The van der Waals surface area contributed by atoms with Crippen LogP contribution in [0.4, 0.5) is 0 Å². The van der Waals surface area contributed by atoms with Crippen LogP contribution in [-0.4, -0.2) is 34.1 Å². The monoisotopic (exact) mass is 296 g/mol. The molecule has 2 aromatic heterocycles. The molecule has 19 heavy (non-hydrogen) atoms. The molecule has 1 atom stereocenters. The summed E-state index contributed by atoms with van der Waals surface area (Å²) in [5.74, 6) is 1.12. The van der Waals surface area contributed by atoms with Crippen LogP contribution in [0.1, 0.15) is 16.7 Å². The Hall–Kier alpha value is -0.880. The smallest absolute Gasteiger partial charge is 0.127 e. The van der Waals surface area contributed by atoms with Crippen molar-refractivity contribution in [2.75, 3.05) is 19.6 Å². The maximum absolute atomic E-state index is 6.00. The van der Waals surface area contributed by atoms with E-state index < -0.39 is 0 Å². The van der Waals surface area contributed by atoms with Crippen LogP contribution >= 0.6 is 22.9 Å². The zero-order chi connectivity index (χ0) is 13.2. The van der Waals surface area contributed by atoms with Crippen LogP contribution in [-0.2, 0) is 13.6 Å². The number of hydrogen-bond donors (Lipinski definition) is 1. The molecule has 0 bridgehead atoms. The fourth-order valence-electron chi connectivity index (χ4n) is 2.53. The van der Waals surface area contributed by atoms with E-state index >= 15 is 0 Å². The minimum Gasteiger partial charge on any atom is -0.337 e. The van der Waals surface area contributed by atoms with Crippen molar-refractivity contribution in [2.45, 2.75) is 12.6 Å². The molecule has 4 nitrogen and oxygen atoms in total. The molecule has 1 fully saturated rings. The Bertz CT molecular complexity index is 550. The average molecular weight is 297 g/mol. The van der Waals surface area contributed by atoms with Crippen LogP contribution in [0.15, 0.2) is 23.8 Å². The van der Waals surface area contributed by atoms with Gasteiger partial charge in [-0.25, -0.2) is 4.98 Å². The molecule has 0 aromatic carbocycles. The van der Waals surface area contributed by atoms with Crippen molar-refractivity contribution in [2.24, 2.45) is 7.05 Å². The molecular weight excluding hydrogens is 280 g/mol. The first-order valence-corrected chi connectivity index (χ1v) is 7.64. The number of nitrogens with one attached hydrogen (secondary N) is 1. The summed E-state index contributed by atoms with van der Waals surface area (Å²) >= 11 is 7.73. The topological polar surface area (TPSA) is 33.1 Å². The van der Waals surface area contributed by atoms with Gasteiger partial charge in [0.25, 0.3) is 0 Å². The number of nitrogens with zero attached hydrogens (tertiary/aromatic N) is 3. The van der Waals surface area contributed by atoms with E-state index in [1.807, 2.05) is 17.8 Å². The number of halogens is 1. The van der Waals surface area contributed by atoms with Crippen LogP contribution in [0.2, 0.25) is 5.02 Å². The van der Waals surface area contributed by atoms with E-state index in [0.29, 0.717) is 6.04 Å². The maximum Gasteiger partial charge on any atom is 0.127 e. The molecule has 1 saturated heterocycles. The average Bonchev–Trinajstić information content (AvgIpc) is 2.99. The predicted molar refractivity (Wildman–Crippen MR) is 78.6 cm³/mol. The van der Waals surface area contributed by atoms with Gasteiger partial charge in [0.05, 0.1) is 11.1 Å². The summed E-state index contributed by atoms with van der Waals surface area (Å²) in [6.07, 6.45) is 3.87. The number of piperazine rings is 1. The lowest BCUT2D eigenvalue weighted by Gasteiger charge is -2.35. The van der Waals surface area contributed by atoms with Crippen molar-refractivity contribution < 1.29 is 0 Å². The third-order valence-electron chi connectivity index (χ3n) is 3.49. The molecule has 3 heterocycles. The van der Waals surface area contributed by atoms with E-state index in [-0.39, 0.29) is 0 Å². The zero-order valence-electron chi connectivity index (χ0n) is 10.8. The second-order valence-corrected chi connectivity index (χ2v) is 6.25. The van der Waals surface area contributed by atoms with Crippen molar-refractivity contribution >= 4 is 22.9 Å². The molecule has 0 spiro atoms. The summed E-state index contributed by atoms with van der Waals surface area (Å²) in [6.45, 7) is 3.95. The molecule has 3 rings (SSSR count). The highest BCUT2D eigenvalue weighted by atomic mass is 35.5. The number of aromatic nitrogens is 2. The van der Waals surface area contributed by atoms with Crippen molar-refractivity contribution in [3.8, 4) is 0 Å². The number of hydrogen-bond acceptors (Lipinski definition) is 4. The Balaban J connectivity index is 1.79. The quantitative estimate of drug-likeness (QED) is 0.943. The third-order valence-corrected chi connectivity index (χ3v) is 4.76. The summed E-state index contributed by atoms with van der Waals surface area (Å²) in [6, 6.07) is 2.39. The number of aryl methyl sites for hydroxylation is 1. The first-order chi connectivity index (χ1) is 9.24. The second-order valence-electron chi connectivity index (χ2n) is 4.82. The van der Waals surface area contributed by atoms with Gasteiger partial charge in [0.2, 0.25) is 0 Å². The van der Waals surface area contributed by atoms with Gasteiger partial charge in [-0.3, -0.25) is 4.90 Å². The van der Waals surface area contributed by atoms with Crippen LogP contribution < -0.4 is 5.32 Å². The number of rotatable bonds is 3. The van der Waals surface area contributed by atoms with Gasteiger partial charge in [0.1, 0.15) is 5.82 Å². The van der Waals surface area contributed by atoms with E-state index in [0.717, 1.165) is 37.0 Å². The zero-order valence-corrected chi connectivity index (χ0v) is 12.4. The Kier molecular flexibility index (Phi) is 3.88. The summed E-state index contributed by atoms with van der Waals surface area (Å²) in [4.78, 5) is 8.28. The van der Waals surface area contributed by atoms with Crippen LogP contribution in [0.3, 0.4) is 0 Å². The van der Waals surface area contributed by atoms with Crippen LogP contribution in [0.25, 0.3) is 0 Å². The highest BCUT2D eigenvalue weighted by molar-refractivity contribution is 7.10. The largest absolute Gasteiger partial charge is 0.337 e. The first-order valence-electron chi connectivity index (χ1n) is 6.39.